The number of para-hydroxylation sites is 1. The van der Waals surface area contributed by atoms with Gasteiger partial charge in [0, 0.05) is 37.9 Å². The summed E-state index contributed by atoms with van der Waals surface area (Å²) in [5.41, 5.74) is 3.52. The van der Waals surface area contributed by atoms with E-state index in [0.29, 0.717) is 24.1 Å². The normalized spacial score (nSPS) is 19.0. The van der Waals surface area contributed by atoms with E-state index < -0.39 is 51.5 Å². The van der Waals surface area contributed by atoms with Crippen molar-refractivity contribution in [3.05, 3.63) is 164 Å². The Bertz CT molecular complexity index is 2710. The molecule has 4 aromatic carbocycles. The van der Waals surface area contributed by atoms with Crippen LogP contribution in [0.15, 0.2) is 124 Å². The van der Waals surface area contributed by atoms with Gasteiger partial charge in [0.05, 0.1) is 34.3 Å². The highest BCUT2D eigenvalue weighted by molar-refractivity contribution is 7.90. The predicted molar refractivity (Wildman–Crippen MR) is 219 cm³/mol. The quantitative estimate of drug-likeness (QED) is 0.145. The van der Waals surface area contributed by atoms with Crippen molar-refractivity contribution in [1.29, 1.82) is 0 Å². The Hall–Kier alpha value is -5.92. The molecule has 13 heteroatoms. The van der Waals surface area contributed by atoms with Crippen LogP contribution < -0.4 is 16.0 Å². The monoisotopic (exact) mass is 802 g/mol. The largest absolute Gasteiger partial charge is 0.449 e. The van der Waals surface area contributed by atoms with Crippen LogP contribution in [0.25, 0.3) is 10.9 Å². The van der Waals surface area contributed by atoms with E-state index in [1.54, 1.807) is 48.3 Å². The van der Waals surface area contributed by atoms with Crippen LogP contribution in [0.3, 0.4) is 0 Å². The lowest BCUT2D eigenvalue weighted by Crippen LogP contribution is -2.49. The number of carbonyl (C=O) groups excluding carboxylic acids is 1. The molecule has 0 radical (unpaired) electrons. The van der Waals surface area contributed by atoms with Crippen molar-refractivity contribution in [2.75, 3.05) is 6.54 Å². The summed E-state index contributed by atoms with van der Waals surface area (Å²) in [5, 5.41) is 0.761. The van der Waals surface area contributed by atoms with Crippen molar-refractivity contribution >= 4 is 27.0 Å². The van der Waals surface area contributed by atoms with Crippen LogP contribution in [0.2, 0.25) is 0 Å². The number of nitrogens with zero attached hydrogens (tertiary/aromatic N) is 4. The molecule has 1 amide bonds. The zero-order valence-corrected chi connectivity index (χ0v) is 33.7. The maximum Gasteiger partial charge on any atom is 0.410 e. The van der Waals surface area contributed by atoms with Gasteiger partial charge in [-0.1, -0.05) is 103 Å². The summed E-state index contributed by atoms with van der Waals surface area (Å²) in [6, 6.07) is 32.2. The highest BCUT2D eigenvalue weighted by Crippen LogP contribution is 2.49. The van der Waals surface area contributed by atoms with Gasteiger partial charge < -0.3 is 14.2 Å². The topological polar surface area (TPSA) is 131 Å². The fraction of sp³-hybridized carbons (Fsp3) is 0.311. The first-order valence-electron chi connectivity index (χ1n) is 19.5. The number of aromatic nitrogens is 3. The fourth-order valence-electron chi connectivity index (χ4n) is 8.60. The summed E-state index contributed by atoms with van der Waals surface area (Å²) in [4.78, 5) is 43.8. The van der Waals surface area contributed by atoms with E-state index in [1.807, 2.05) is 86.6 Å². The summed E-state index contributed by atoms with van der Waals surface area (Å²) in [6.45, 7) is 4.32. The third kappa shape index (κ3) is 6.92. The molecule has 0 spiro atoms. The zero-order chi connectivity index (χ0) is 40.7. The van der Waals surface area contributed by atoms with E-state index in [4.69, 9.17) is 14.2 Å². The van der Waals surface area contributed by atoms with Gasteiger partial charge in [-0.25, -0.2) is 22.0 Å². The van der Waals surface area contributed by atoms with Crippen molar-refractivity contribution in [3.63, 3.8) is 0 Å². The Kier molecular flexibility index (Phi) is 10.6. The van der Waals surface area contributed by atoms with Gasteiger partial charge in [-0.2, -0.15) is 0 Å². The standard InChI is InChI=1S/C45H46N4O8S/c1-5-33-36(39-41(50)46(3)44(51)47(4)42(39)57-43(33)55-27-30-14-8-6-9-15-30)26-38-40-35(24-25-48(38)45(52)56-28-31-16-10-7-11-17-31)34-18-12-13-19-37(34)49(40)58(53,54)32-22-20-29(2)21-23-32/h6-23,33,36,38,43H,5,24-28H2,1-4H3/t33-,36+,38-,43+/m0/s1. The summed E-state index contributed by atoms with van der Waals surface area (Å²) in [7, 11) is -1.26. The smallest absolute Gasteiger partial charge is 0.410 e. The lowest BCUT2D eigenvalue weighted by atomic mass is 9.77. The molecule has 0 saturated carbocycles. The Morgan fingerprint density at radius 3 is 2.14 bits per heavy atom. The first-order chi connectivity index (χ1) is 28.0. The molecule has 6 aromatic rings. The van der Waals surface area contributed by atoms with E-state index >= 15 is 0 Å². The number of amides is 1. The van der Waals surface area contributed by atoms with Crippen LogP contribution in [-0.2, 0) is 53.2 Å². The van der Waals surface area contributed by atoms with Crippen LogP contribution in [0, 0.1) is 12.8 Å². The molecular formula is C45H46N4O8S. The molecule has 2 aromatic heterocycles. The van der Waals surface area contributed by atoms with Gasteiger partial charge >= 0.3 is 11.8 Å². The van der Waals surface area contributed by atoms with Gasteiger partial charge in [0.2, 0.25) is 12.2 Å². The first-order valence-corrected chi connectivity index (χ1v) is 21.0. The maximum atomic E-state index is 15.0. The van der Waals surface area contributed by atoms with E-state index in [0.717, 1.165) is 32.2 Å². The highest BCUT2D eigenvalue weighted by atomic mass is 32.2. The molecule has 300 valence electrons. The Labute approximate surface area is 336 Å². The third-order valence-electron chi connectivity index (χ3n) is 11.6. The predicted octanol–water partition coefficient (Wildman–Crippen LogP) is 6.96. The average Bonchev–Trinajstić information content (AvgIpc) is 3.60. The van der Waals surface area contributed by atoms with E-state index in [9.17, 15) is 22.8 Å². The van der Waals surface area contributed by atoms with Crippen molar-refractivity contribution < 1.29 is 27.4 Å². The number of carbonyl (C=O) groups is 1. The number of benzene rings is 4. The van der Waals surface area contributed by atoms with E-state index in [2.05, 4.69) is 0 Å². The Balaban J connectivity index is 1.32. The number of ether oxygens (including phenoxy) is 3. The van der Waals surface area contributed by atoms with Crippen LogP contribution in [-0.4, -0.2) is 45.4 Å². The maximum absolute atomic E-state index is 15.0. The molecule has 0 aliphatic carbocycles. The molecule has 2 aliphatic heterocycles. The van der Waals surface area contributed by atoms with Crippen molar-refractivity contribution in [1.82, 2.24) is 18.0 Å². The number of hydrogen-bond acceptors (Lipinski definition) is 8. The average molecular weight is 803 g/mol. The van der Waals surface area contributed by atoms with Crippen molar-refractivity contribution in [2.24, 2.45) is 20.0 Å². The Morgan fingerprint density at radius 1 is 0.828 bits per heavy atom. The second-order valence-electron chi connectivity index (χ2n) is 15.1. The molecular weight excluding hydrogens is 757 g/mol. The summed E-state index contributed by atoms with van der Waals surface area (Å²) >= 11 is 0. The van der Waals surface area contributed by atoms with Gasteiger partial charge in [0.1, 0.15) is 6.61 Å². The molecule has 12 nitrogen and oxygen atoms in total. The SMILES string of the molecule is CC[C@@H]1[C@H](OCc2ccccc2)Oc2c(c(=O)n(C)c(=O)n2C)[C@@H]1C[C@H]1c2c(c3ccccc3n2S(=O)(=O)c2ccc(C)cc2)CCN1C(=O)OCc1ccccc1. The molecule has 4 heterocycles. The van der Waals surface area contributed by atoms with Gasteiger partial charge in [-0.15, -0.1) is 0 Å². The van der Waals surface area contributed by atoms with Gasteiger partial charge in [0.25, 0.3) is 15.6 Å². The Morgan fingerprint density at radius 2 is 1.47 bits per heavy atom. The highest BCUT2D eigenvalue weighted by Gasteiger charge is 2.47. The molecule has 0 saturated heterocycles. The molecule has 4 atom stereocenters. The van der Waals surface area contributed by atoms with Crippen LogP contribution >= 0.6 is 0 Å². The molecule has 0 N–H and O–H groups in total. The number of hydrogen-bond donors (Lipinski definition) is 0. The summed E-state index contributed by atoms with van der Waals surface area (Å²) < 4.78 is 52.7. The van der Waals surface area contributed by atoms with Gasteiger partial charge in [-0.3, -0.25) is 18.8 Å². The number of rotatable bonds is 10. The molecule has 8 rings (SSSR count). The fourth-order valence-corrected chi connectivity index (χ4v) is 10.2. The first kappa shape index (κ1) is 38.9. The molecule has 2 aliphatic rings. The van der Waals surface area contributed by atoms with Crippen LogP contribution in [0.1, 0.15) is 65.2 Å². The van der Waals surface area contributed by atoms with E-state index in [1.165, 1.54) is 15.6 Å². The van der Waals surface area contributed by atoms with Crippen LogP contribution in [0.4, 0.5) is 4.79 Å². The minimum Gasteiger partial charge on any atom is -0.449 e. The molecule has 0 bridgehead atoms. The number of aryl methyl sites for hydroxylation is 1. The minimum atomic E-state index is -4.24. The zero-order valence-electron chi connectivity index (χ0n) is 32.9. The number of fused-ring (bicyclic) bond motifs is 4. The van der Waals surface area contributed by atoms with Crippen LogP contribution in [0.5, 0.6) is 5.88 Å². The minimum absolute atomic E-state index is 0.0101. The summed E-state index contributed by atoms with van der Waals surface area (Å²) in [6.07, 6.45) is -0.540. The van der Waals surface area contributed by atoms with Crippen molar-refractivity contribution in [2.45, 2.75) is 69.5 Å². The summed E-state index contributed by atoms with van der Waals surface area (Å²) in [5.74, 6) is -1.02. The molecule has 0 fully saturated rings. The molecule has 0 unspecified atom stereocenters. The third-order valence-corrected chi connectivity index (χ3v) is 13.3. The van der Waals surface area contributed by atoms with Gasteiger partial charge in [-0.05, 0) is 61.1 Å². The van der Waals surface area contributed by atoms with Gasteiger partial charge in [0.15, 0.2) is 0 Å². The van der Waals surface area contributed by atoms with Crippen molar-refractivity contribution in [3.8, 4) is 5.88 Å². The second-order valence-corrected chi connectivity index (χ2v) is 16.9. The lowest BCUT2D eigenvalue weighted by Gasteiger charge is -2.43. The lowest BCUT2D eigenvalue weighted by molar-refractivity contribution is -0.146. The van der Waals surface area contributed by atoms with E-state index in [-0.39, 0.29) is 42.5 Å². The molecule has 58 heavy (non-hydrogen) atoms. The second kappa shape index (κ2) is 15.8.